The Morgan fingerprint density at radius 1 is 1.08 bits per heavy atom. The molecule has 1 heterocycles. The lowest BCUT2D eigenvalue weighted by Gasteiger charge is -2.31. The van der Waals surface area contributed by atoms with E-state index in [-0.39, 0.29) is 16.6 Å². The molecule has 2 aromatic carbocycles. The third kappa shape index (κ3) is 3.39. The summed E-state index contributed by atoms with van der Waals surface area (Å²) in [6.07, 6.45) is -1.08. The first-order chi connectivity index (χ1) is 12.3. The number of aromatic hydroxyl groups is 1. The number of allylic oxidation sites excluding steroid dienone is 3. The van der Waals surface area contributed by atoms with Crippen LogP contribution >= 0.6 is 0 Å². The second-order valence-electron chi connectivity index (χ2n) is 5.74. The second kappa shape index (κ2) is 6.76. The first kappa shape index (κ1) is 17.9. The monoisotopic (exact) mass is 363 g/mol. The molecule has 7 heteroatoms. The van der Waals surface area contributed by atoms with Crippen LogP contribution in [0.15, 0.2) is 66.4 Å². The molecule has 136 valence electrons. The van der Waals surface area contributed by atoms with Gasteiger partial charge in [-0.05, 0) is 41.0 Å². The molecule has 0 aliphatic carbocycles. The first-order valence-corrected chi connectivity index (χ1v) is 7.72. The van der Waals surface area contributed by atoms with Gasteiger partial charge in [0.1, 0.15) is 5.70 Å². The molecule has 26 heavy (non-hydrogen) atoms. The molecule has 1 atom stereocenters. The van der Waals surface area contributed by atoms with Crippen LogP contribution in [0.5, 0.6) is 11.5 Å². The zero-order valence-electron chi connectivity index (χ0n) is 13.7. The lowest BCUT2D eigenvalue weighted by Crippen LogP contribution is -2.33. The van der Waals surface area contributed by atoms with Crippen LogP contribution in [0.3, 0.4) is 0 Å². The van der Waals surface area contributed by atoms with Crippen molar-refractivity contribution in [3.05, 3.63) is 72.0 Å². The molecule has 2 N–H and O–H groups in total. The van der Waals surface area contributed by atoms with Crippen LogP contribution in [-0.2, 0) is 0 Å². The smallest absolute Gasteiger partial charge is 0.433 e. The van der Waals surface area contributed by atoms with Gasteiger partial charge in [0, 0.05) is 0 Å². The molecular formula is C19H16F3NO3. The van der Waals surface area contributed by atoms with Crippen LogP contribution in [0.1, 0.15) is 11.6 Å². The van der Waals surface area contributed by atoms with Gasteiger partial charge in [-0.25, -0.2) is 5.06 Å². The van der Waals surface area contributed by atoms with E-state index < -0.39 is 17.9 Å². The number of hydroxylamine groups is 2. The summed E-state index contributed by atoms with van der Waals surface area (Å²) in [5.74, 6) is 0.278. The Labute approximate surface area is 148 Å². The maximum Gasteiger partial charge on any atom is 0.433 e. The van der Waals surface area contributed by atoms with Crippen molar-refractivity contribution in [3.63, 3.8) is 0 Å². The number of hydrogen-bond donors (Lipinski definition) is 2. The van der Waals surface area contributed by atoms with Crippen molar-refractivity contribution in [1.82, 2.24) is 5.06 Å². The fraction of sp³-hybridized carbons (Fsp3) is 0.158. The van der Waals surface area contributed by atoms with E-state index in [0.717, 1.165) is 11.6 Å². The predicted molar refractivity (Wildman–Crippen MR) is 89.7 cm³/mol. The minimum atomic E-state index is -4.65. The van der Waals surface area contributed by atoms with Crippen molar-refractivity contribution in [2.75, 3.05) is 7.11 Å². The van der Waals surface area contributed by atoms with Gasteiger partial charge in [-0.1, -0.05) is 36.4 Å². The molecule has 2 aromatic rings. The van der Waals surface area contributed by atoms with Crippen molar-refractivity contribution in [2.45, 2.75) is 12.2 Å². The van der Waals surface area contributed by atoms with Gasteiger partial charge in [-0.2, -0.15) is 13.2 Å². The number of phenolic OH excluding ortho intramolecular Hbond substituents is 1. The van der Waals surface area contributed by atoms with Crippen LogP contribution in [0.2, 0.25) is 0 Å². The first-order valence-electron chi connectivity index (χ1n) is 7.72. The molecule has 1 aliphatic heterocycles. The normalized spacial score (nSPS) is 17.2. The van der Waals surface area contributed by atoms with E-state index in [1.165, 1.54) is 25.3 Å². The number of halogens is 3. The molecule has 0 amide bonds. The number of methoxy groups -OCH3 is 1. The van der Waals surface area contributed by atoms with Gasteiger partial charge in [0.25, 0.3) is 0 Å². The molecule has 0 aromatic heterocycles. The summed E-state index contributed by atoms with van der Waals surface area (Å²) in [6.45, 7) is 0. The average Bonchev–Trinajstić information content (AvgIpc) is 2.61. The number of ether oxygens (including phenoxy) is 1. The molecule has 0 bridgehead atoms. The van der Waals surface area contributed by atoms with Crippen LogP contribution in [0.4, 0.5) is 13.2 Å². The largest absolute Gasteiger partial charge is 0.504 e. The third-order valence-electron chi connectivity index (χ3n) is 4.09. The van der Waals surface area contributed by atoms with Gasteiger partial charge in [0.2, 0.25) is 0 Å². The molecule has 3 rings (SSSR count). The Hall–Kier alpha value is -2.93. The van der Waals surface area contributed by atoms with E-state index in [9.17, 15) is 23.5 Å². The van der Waals surface area contributed by atoms with E-state index in [2.05, 4.69) is 0 Å². The standard InChI is InChI=1S/C19H16F3NO3/c1-26-17-11-13(8-9-16(17)24)12-4-2-5-14(10-12)15-6-3-7-18(23(15)25)19(20,21)22/h2-11,15,24-25H,1H3. The van der Waals surface area contributed by atoms with Gasteiger partial charge in [0.15, 0.2) is 11.5 Å². The third-order valence-corrected chi connectivity index (χ3v) is 4.09. The predicted octanol–water partition coefficient (Wildman–Crippen LogP) is 4.82. The molecule has 0 saturated carbocycles. The van der Waals surface area contributed by atoms with Gasteiger partial charge in [-0.3, -0.25) is 5.21 Å². The number of benzene rings is 2. The van der Waals surface area contributed by atoms with E-state index in [4.69, 9.17) is 4.74 Å². The summed E-state index contributed by atoms with van der Waals surface area (Å²) < 4.78 is 44.1. The Bertz CT molecular complexity index is 875. The molecule has 0 fully saturated rings. The molecular weight excluding hydrogens is 347 g/mol. The van der Waals surface area contributed by atoms with Crippen molar-refractivity contribution < 1.29 is 28.2 Å². The van der Waals surface area contributed by atoms with Gasteiger partial charge < -0.3 is 9.84 Å². The Morgan fingerprint density at radius 3 is 2.50 bits per heavy atom. The number of nitrogens with zero attached hydrogens (tertiary/aromatic N) is 1. The molecule has 1 unspecified atom stereocenters. The molecule has 1 aliphatic rings. The number of phenols is 1. The minimum absolute atomic E-state index is 0.0101. The fourth-order valence-electron chi connectivity index (χ4n) is 2.80. The molecule has 4 nitrogen and oxygen atoms in total. The highest BCUT2D eigenvalue weighted by Crippen LogP contribution is 2.38. The lowest BCUT2D eigenvalue weighted by molar-refractivity contribution is -0.176. The maximum atomic E-state index is 13.0. The van der Waals surface area contributed by atoms with Crippen molar-refractivity contribution in [1.29, 1.82) is 0 Å². The average molecular weight is 363 g/mol. The zero-order valence-corrected chi connectivity index (χ0v) is 13.7. The number of alkyl halides is 3. The molecule has 0 saturated heterocycles. The summed E-state index contributed by atoms with van der Waals surface area (Å²) in [5.41, 5.74) is 0.799. The van der Waals surface area contributed by atoms with Crippen molar-refractivity contribution in [3.8, 4) is 22.6 Å². The van der Waals surface area contributed by atoms with Crippen molar-refractivity contribution in [2.24, 2.45) is 0 Å². The second-order valence-corrected chi connectivity index (χ2v) is 5.74. The highest BCUT2D eigenvalue weighted by Gasteiger charge is 2.40. The van der Waals surface area contributed by atoms with E-state index in [1.807, 2.05) is 0 Å². The number of hydrogen-bond acceptors (Lipinski definition) is 4. The summed E-state index contributed by atoms with van der Waals surface area (Å²) in [4.78, 5) is 0. The molecule has 0 radical (unpaired) electrons. The SMILES string of the molecule is COc1cc(-c2cccc(C3C=CC=C(C(F)(F)F)N3O)c2)ccc1O. The number of rotatable bonds is 3. The van der Waals surface area contributed by atoms with E-state index in [1.54, 1.807) is 36.4 Å². The van der Waals surface area contributed by atoms with Crippen LogP contribution in [0, 0.1) is 0 Å². The van der Waals surface area contributed by atoms with Gasteiger partial charge >= 0.3 is 6.18 Å². The quantitative estimate of drug-likeness (QED) is 0.821. The van der Waals surface area contributed by atoms with Gasteiger partial charge in [0.05, 0.1) is 13.2 Å². The Morgan fingerprint density at radius 2 is 1.81 bits per heavy atom. The highest BCUT2D eigenvalue weighted by atomic mass is 19.4. The summed E-state index contributed by atoms with van der Waals surface area (Å²) in [5, 5.41) is 20.0. The van der Waals surface area contributed by atoms with Crippen LogP contribution in [0.25, 0.3) is 11.1 Å². The van der Waals surface area contributed by atoms with Crippen LogP contribution < -0.4 is 4.74 Å². The zero-order chi connectivity index (χ0) is 18.9. The Kier molecular flexibility index (Phi) is 4.65. The minimum Gasteiger partial charge on any atom is -0.504 e. The van der Waals surface area contributed by atoms with Crippen LogP contribution in [-0.4, -0.2) is 28.7 Å². The molecule has 0 spiro atoms. The summed E-state index contributed by atoms with van der Waals surface area (Å²) in [6, 6.07) is 10.6. The van der Waals surface area contributed by atoms with Gasteiger partial charge in [-0.15, -0.1) is 0 Å². The van der Waals surface area contributed by atoms with E-state index in [0.29, 0.717) is 11.1 Å². The highest BCUT2D eigenvalue weighted by molar-refractivity contribution is 5.68. The summed E-state index contributed by atoms with van der Waals surface area (Å²) in [7, 11) is 1.43. The Balaban J connectivity index is 1.96. The summed E-state index contributed by atoms with van der Waals surface area (Å²) >= 11 is 0. The maximum absolute atomic E-state index is 13.0. The fourth-order valence-corrected chi connectivity index (χ4v) is 2.80. The van der Waals surface area contributed by atoms with E-state index >= 15 is 0 Å². The topological polar surface area (TPSA) is 52.9 Å². The van der Waals surface area contributed by atoms with Crippen molar-refractivity contribution >= 4 is 0 Å². The lowest BCUT2D eigenvalue weighted by atomic mass is 9.97.